The molecule has 0 aliphatic carbocycles. The molecule has 1 aromatic carbocycles. The van der Waals surface area contributed by atoms with E-state index in [1.165, 1.54) is 11.6 Å². The number of aryl methyl sites for hydroxylation is 1. The average Bonchev–Trinajstić information content (AvgIpc) is 2.67. The lowest BCUT2D eigenvalue weighted by molar-refractivity contribution is 0.629. The first kappa shape index (κ1) is 12.1. The molecule has 0 unspecified atom stereocenters. The van der Waals surface area contributed by atoms with E-state index in [0.29, 0.717) is 0 Å². The van der Waals surface area contributed by atoms with Crippen LogP contribution in [0.2, 0.25) is 0 Å². The molecule has 1 heterocycles. The number of rotatable bonds is 5. The molecule has 0 bridgehead atoms. The van der Waals surface area contributed by atoms with Gasteiger partial charge >= 0.3 is 0 Å². The van der Waals surface area contributed by atoms with E-state index in [1.54, 1.807) is 6.07 Å². The fraction of sp³-hybridized carbons (Fsp3) is 0.429. The Morgan fingerprint density at radius 1 is 1.29 bits per heavy atom. The Morgan fingerprint density at radius 2 is 2.12 bits per heavy atom. The van der Waals surface area contributed by atoms with Crippen molar-refractivity contribution in [1.82, 2.24) is 9.88 Å². The Labute approximate surface area is 101 Å². The van der Waals surface area contributed by atoms with Gasteiger partial charge in [-0.25, -0.2) is 4.39 Å². The number of halogens is 1. The fourth-order valence-corrected chi connectivity index (χ4v) is 2.20. The maximum atomic E-state index is 13.3. The van der Waals surface area contributed by atoms with Crippen molar-refractivity contribution < 1.29 is 4.39 Å². The number of hydrogen-bond donors (Lipinski definition) is 1. The van der Waals surface area contributed by atoms with E-state index in [0.717, 1.165) is 37.0 Å². The van der Waals surface area contributed by atoms with Crippen LogP contribution in [0.15, 0.2) is 24.4 Å². The minimum atomic E-state index is -0.156. The number of aromatic nitrogens is 1. The molecule has 0 aliphatic rings. The van der Waals surface area contributed by atoms with Crippen molar-refractivity contribution in [3.8, 4) is 0 Å². The van der Waals surface area contributed by atoms with E-state index in [-0.39, 0.29) is 5.82 Å². The summed E-state index contributed by atoms with van der Waals surface area (Å²) in [7, 11) is 0. The van der Waals surface area contributed by atoms with E-state index < -0.39 is 0 Å². The number of hydrogen-bond acceptors (Lipinski definition) is 1. The summed E-state index contributed by atoms with van der Waals surface area (Å²) >= 11 is 0. The van der Waals surface area contributed by atoms with Gasteiger partial charge in [-0.05, 0) is 50.2 Å². The van der Waals surface area contributed by atoms with E-state index in [4.69, 9.17) is 0 Å². The van der Waals surface area contributed by atoms with Crippen molar-refractivity contribution in [2.45, 2.75) is 26.8 Å². The first-order valence-corrected chi connectivity index (χ1v) is 6.24. The second-order valence-corrected chi connectivity index (χ2v) is 4.21. The summed E-state index contributed by atoms with van der Waals surface area (Å²) in [5.74, 6) is -0.156. The summed E-state index contributed by atoms with van der Waals surface area (Å²) in [5.41, 5.74) is 2.35. The third-order valence-electron chi connectivity index (χ3n) is 3.09. The molecule has 2 nitrogen and oxygen atoms in total. The van der Waals surface area contributed by atoms with Crippen molar-refractivity contribution in [1.29, 1.82) is 0 Å². The Morgan fingerprint density at radius 3 is 2.82 bits per heavy atom. The van der Waals surface area contributed by atoms with Crippen molar-refractivity contribution >= 4 is 10.9 Å². The molecule has 0 fully saturated rings. The maximum Gasteiger partial charge on any atom is 0.123 e. The fourth-order valence-electron chi connectivity index (χ4n) is 2.20. The summed E-state index contributed by atoms with van der Waals surface area (Å²) in [6.07, 6.45) is 3.09. The van der Waals surface area contributed by atoms with E-state index >= 15 is 0 Å². The van der Waals surface area contributed by atoms with Gasteiger partial charge in [-0.15, -0.1) is 0 Å². The molecule has 17 heavy (non-hydrogen) atoms. The van der Waals surface area contributed by atoms with Gasteiger partial charge in [0.05, 0.1) is 0 Å². The molecular weight excluding hydrogens is 215 g/mol. The minimum Gasteiger partial charge on any atom is -0.347 e. The van der Waals surface area contributed by atoms with Gasteiger partial charge in [0.1, 0.15) is 5.82 Å². The molecule has 2 aromatic rings. The molecule has 1 N–H and O–H groups in total. The van der Waals surface area contributed by atoms with Gasteiger partial charge in [0.25, 0.3) is 0 Å². The summed E-state index contributed by atoms with van der Waals surface area (Å²) in [4.78, 5) is 0. The molecule has 0 aliphatic heterocycles. The molecule has 0 spiro atoms. The molecule has 0 saturated heterocycles. The lowest BCUT2D eigenvalue weighted by atomic mass is 10.1. The zero-order valence-corrected chi connectivity index (χ0v) is 10.5. The zero-order valence-electron chi connectivity index (χ0n) is 10.5. The maximum absolute atomic E-state index is 13.3. The van der Waals surface area contributed by atoms with Gasteiger partial charge < -0.3 is 9.88 Å². The van der Waals surface area contributed by atoms with Gasteiger partial charge in [-0.2, -0.15) is 0 Å². The second kappa shape index (κ2) is 5.32. The third-order valence-corrected chi connectivity index (χ3v) is 3.09. The highest BCUT2D eigenvalue weighted by Crippen LogP contribution is 2.22. The summed E-state index contributed by atoms with van der Waals surface area (Å²) in [5, 5.41) is 4.35. The smallest absolute Gasteiger partial charge is 0.123 e. The highest BCUT2D eigenvalue weighted by Gasteiger charge is 2.08. The first-order valence-electron chi connectivity index (χ1n) is 6.24. The number of nitrogens with zero attached hydrogens (tertiary/aromatic N) is 1. The van der Waals surface area contributed by atoms with Crippen LogP contribution in [-0.4, -0.2) is 17.7 Å². The highest BCUT2D eigenvalue weighted by atomic mass is 19.1. The Hall–Kier alpha value is -1.35. The monoisotopic (exact) mass is 234 g/mol. The molecule has 92 valence electrons. The molecule has 1 aromatic heterocycles. The van der Waals surface area contributed by atoms with Gasteiger partial charge in [0.15, 0.2) is 0 Å². The molecule has 0 radical (unpaired) electrons. The van der Waals surface area contributed by atoms with Crippen LogP contribution in [0, 0.1) is 5.82 Å². The van der Waals surface area contributed by atoms with Crippen molar-refractivity contribution in [2.24, 2.45) is 0 Å². The molecule has 0 amide bonds. The normalized spacial score (nSPS) is 11.2. The third kappa shape index (κ3) is 2.50. The van der Waals surface area contributed by atoms with Crippen LogP contribution in [0.4, 0.5) is 4.39 Å². The standard InChI is InChI=1S/C14H19FN2/c1-3-16-8-7-11-10-17(4-2)14-6-5-12(15)9-13(11)14/h5-6,9-10,16H,3-4,7-8H2,1-2H3. The van der Waals surface area contributed by atoms with Crippen molar-refractivity contribution in [2.75, 3.05) is 13.1 Å². The van der Waals surface area contributed by atoms with Crippen molar-refractivity contribution in [3.63, 3.8) is 0 Å². The predicted molar refractivity (Wildman–Crippen MR) is 69.8 cm³/mol. The van der Waals surface area contributed by atoms with E-state index in [1.807, 2.05) is 6.07 Å². The van der Waals surface area contributed by atoms with Crippen LogP contribution in [0.5, 0.6) is 0 Å². The van der Waals surface area contributed by atoms with Crippen LogP contribution in [0.3, 0.4) is 0 Å². The molecule has 3 heteroatoms. The summed E-state index contributed by atoms with van der Waals surface area (Å²) in [6, 6.07) is 5.04. The second-order valence-electron chi connectivity index (χ2n) is 4.21. The van der Waals surface area contributed by atoms with E-state index in [2.05, 4.69) is 29.9 Å². The molecule has 0 atom stereocenters. The largest absolute Gasteiger partial charge is 0.347 e. The molecular formula is C14H19FN2. The average molecular weight is 234 g/mol. The number of fused-ring (bicyclic) bond motifs is 1. The first-order chi connectivity index (χ1) is 8.26. The number of benzene rings is 1. The molecule has 0 saturated carbocycles. The SMILES string of the molecule is CCNCCc1cn(CC)c2ccc(F)cc12. The topological polar surface area (TPSA) is 17.0 Å². The molecule has 2 rings (SSSR count). The van der Waals surface area contributed by atoms with Crippen molar-refractivity contribution in [3.05, 3.63) is 35.8 Å². The van der Waals surface area contributed by atoms with Crippen LogP contribution in [-0.2, 0) is 13.0 Å². The Balaban J connectivity index is 2.36. The van der Waals surface area contributed by atoms with Crippen LogP contribution in [0.1, 0.15) is 19.4 Å². The minimum absolute atomic E-state index is 0.156. The predicted octanol–water partition coefficient (Wildman–Crippen LogP) is 2.95. The zero-order chi connectivity index (χ0) is 12.3. The number of nitrogens with one attached hydrogen (secondary N) is 1. The lowest BCUT2D eigenvalue weighted by Gasteiger charge is -2.00. The van der Waals surface area contributed by atoms with Crippen LogP contribution in [0.25, 0.3) is 10.9 Å². The lowest BCUT2D eigenvalue weighted by Crippen LogP contribution is -2.15. The summed E-state index contributed by atoms with van der Waals surface area (Å²) < 4.78 is 15.5. The van der Waals surface area contributed by atoms with Gasteiger partial charge in [-0.1, -0.05) is 6.92 Å². The summed E-state index contributed by atoms with van der Waals surface area (Å²) in [6.45, 7) is 7.03. The Kier molecular flexibility index (Phi) is 3.79. The van der Waals surface area contributed by atoms with E-state index in [9.17, 15) is 4.39 Å². The van der Waals surface area contributed by atoms with Crippen LogP contribution >= 0.6 is 0 Å². The van der Waals surface area contributed by atoms with Gasteiger partial charge in [0.2, 0.25) is 0 Å². The van der Waals surface area contributed by atoms with Crippen LogP contribution < -0.4 is 5.32 Å². The van der Waals surface area contributed by atoms with Gasteiger partial charge in [0, 0.05) is 23.6 Å². The Bertz CT molecular complexity index is 502. The number of likely N-dealkylation sites (N-methyl/N-ethyl adjacent to an activating group) is 1. The highest BCUT2D eigenvalue weighted by molar-refractivity contribution is 5.84. The quantitative estimate of drug-likeness (QED) is 0.787. The van der Waals surface area contributed by atoms with Gasteiger partial charge in [-0.3, -0.25) is 0 Å².